The lowest BCUT2D eigenvalue weighted by molar-refractivity contribution is -0.144. The second-order valence-corrected chi connectivity index (χ2v) is 4.27. The van der Waals surface area contributed by atoms with E-state index in [0.29, 0.717) is 12.8 Å². The number of nitrogens with zero attached hydrogens (tertiary/aromatic N) is 1. The maximum atomic E-state index is 11.6. The summed E-state index contributed by atoms with van der Waals surface area (Å²) in [4.78, 5) is 29.4. The molecular formula is C11H18N4O3. The number of carbonyl (C=O) groups excluding carboxylic acids is 1. The second-order valence-electron chi connectivity index (χ2n) is 4.27. The van der Waals surface area contributed by atoms with E-state index in [9.17, 15) is 9.59 Å². The molecule has 1 aromatic rings. The molecule has 0 aromatic carbocycles. The molecule has 7 heteroatoms. The predicted octanol–water partition coefficient (Wildman–Crippen LogP) is 0.852. The van der Waals surface area contributed by atoms with Gasteiger partial charge in [-0.3, -0.25) is 0 Å². The highest BCUT2D eigenvalue weighted by atomic mass is 16.4. The Bertz CT molecular complexity index is 404. The van der Waals surface area contributed by atoms with Gasteiger partial charge < -0.3 is 20.7 Å². The Balaban J connectivity index is 2.49. The first kappa shape index (κ1) is 14.0. The van der Waals surface area contributed by atoms with E-state index in [2.05, 4.69) is 20.6 Å². The van der Waals surface area contributed by atoms with Crippen LogP contribution in [0, 0.1) is 0 Å². The average molecular weight is 254 g/mol. The van der Waals surface area contributed by atoms with Crippen LogP contribution in [-0.2, 0) is 11.3 Å². The monoisotopic (exact) mass is 254 g/mol. The van der Waals surface area contributed by atoms with Crippen molar-refractivity contribution in [2.75, 3.05) is 0 Å². The molecule has 0 aliphatic carbocycles. The number of urea groups is 1. The quantitative estimate of drug-likeness (QED) is 0.603. The van der Waals surface area contributed by atoms with E-state index in [1.165, 1.54) is 13.3 Å². The number of aromatic amines is 1. The lowest BCUT2D eigenvalue weighted by Crippen LogP contribution is -2.55. The molecule has 0 radical (unpaired) electrons. The molecule has 0 fully saturated rings. The molecule has 1 heterocycles. The molecule has 1 unspecified atom stereocenters. The van der Waals surface area contributed by atoms with E-state index in [1.54, 1.807) is 6.20 Å². The number of carbonyl (C=O) groups is 2. The summed E-state index contributed by atoms with van der Waals surface area (Å²) in [5.74, 6) is -1.04. The third-order valence-electron chi connectivity index (χ3n) is 2.61. The number of carboxylic acids is 1. The zero-order chi connectivity index (χ0) is 13.6. The predicted molar refractivity (Wildman–Crippen MR) is 64.9 cm³/mol. The highest BCUT2D eigenvalue weighted by Crippen LogP contribution is 2.12. The van der Waals surface area contributed by atoms with E-state index < -0.39 is 17.5 Å². The summed E-state index contributed by atoms with van der Waals surface area (Å²) >= 11 is 0. The number of hydrogen-bond donors (Lipinski definition) is 4. The molecule has 1 rings (SSSR count). The van der Waals surface area contributed by atoms with Crippen LogP contribution in [-0.4, -0.2) is 32.6 Å². The molecule has 1 aromatic heterocycles. The van der Waals surface area contributed by atoms with Gasteiger partial charge in [0.1, 0.15) is 5.54 Å². The van der Waals surface area contributed by atoms with Crippen molar-refractivity contribution in [1.82, 2.24) is 20.6 Å². The third kappa shape index (κ3) is 3.76. The van der Waals surface area contributed by atoms with Crippen molar-refractivity contribution in [3.8, 4) is 0 Å². The number of aromatic nitrogens is 2. The molecule has 4 N–H and O–H groups in total. The van der Waals surface area contributed by atoms with Crippen LogP contribution in [0.1, 0.15) is 32.4 Å². The molecule has 0 bridgehead atoms. The van der Waals surface area contributed by atoms with Crippen molar-refractivity contribution in [3.63, 3.8) is 0 Å². The fraction of sp³-hybridized carbons (Fsp3) is 0.545. The van der Waals surface area contributed by atoms with E-state index in [0.717, 1.165) is 5.69 Å². The summed E-state index contributed by atoms with van der Waals surface area (Å²) in [5, 5.41) is 14.1. The molecule has 100 valence electrons. The highest BCUT2D eigenvalue weighted by molar-refractivity contribution is 5.85. The Morgan fingerprint density at radius 2 is 2.28 bits per heavy atom. The van der Waals surface area contributed by atoms with Gasteiger partial charge in [0.15, 0.2) is 0 Å². The molecule has 0 aliphatic rings. The number of carboxylic acid groups (broad SMARTS) is 1. The van der Waals surface area contributed by atoms with Gasteiger partial charge >= 0.3 is 12.0 Å². The van der Waals surface area contributed by atoms with Crippen LogP contribution in [0.15, 0.2) is 12.5 Å². The van der Waals surface area contributed by atoms with Crippen LogP contribution in [0.4, 0.5) is 4.79 Å². The number of rotatable bonds is 6. The van der Waals surface area contributed by atoms with Gasteiger partial charge in [-0.05, 0) is 13.3 Å². The maximum absolute atomic E-state index is 11.6. The van der Waals surface area contributed by atoms with Crippen molar-refractivity contribution in [2.45, 2.75) is 38.8 Å². The Morgan fingerprint density at radius 1 is 1.56 bits per heavy atom. The first-order valence-electron chi connectivity index (χ1n) is 5.74. The van der Waals surface area contributed by atoms with Crippen molar-refractivity contribution in [3.05, 3.63) is 18.2 Å². The van der Waals surface area contributed by atoms with E-state index in [1.807, 2.05) is 6.92 Å². The lowest BCUT2D eigenvalue weighted by atomic mass is 9.97. The molecule has 18 heavy (non-hydrogen) atoms. The second kappa shape index (κ2) is 6.04. The minimum atomic E-state index is -1.24. The normalized spacial score (nSPS) is 13.7. The van der Waals surface area contributed by atoms with Gasteiger partial charge in [0.2, 0.25) is 0 Å². The van der Waals surface area contributed by atoms with E-state index in [-0.39, 0.29) is 6.54 Å². The number of imidazole rings is 1. The highest BCUT2D eigenvalue weighted by Gasteiger charge is 2.33. The number of aliphatic carboxylic acids is 1. The van der Waals surface area contributed by atoms with Gasteiger partial charge in [-0.2, -0.15) is 0 Å². The van der Waals surface area contributed by atoms with E-state index >= 15 is 0 Å². The SMILES string of the molecule is CCCC(C)(NC(=O)NCc1cnc[nH]1)C(=O)O. The summed E-state index contributed by atoms with van der Waals surface area (Å²) in [6.07, 6.45) is 4.14. The van der Waals surface area contributed by atoms with Gasteiger partial charge in [0.05, 0.1) is 18.6 Å². The van der Waals surface area contributed by atoms with E-state index in [4.69, 9.17) is 5.11 Å². The van der Waals surface area contributed by atoms with Gasteiger partial charge in [0.25, 0.3) is 0 Å². The Hall–Kier alpha value is -2.05. The summed E-state index contributed by atoms with van der Waals surface area (Å²) in [5.41, 5.74) is -0.495. The molecular weight excluding hydrogens is 236 g/mol. The molecule has 0 saturated heterocycles. The van der Waals surface area contributed by atoms with Crippen LogP contribution >= 0.6 is 0 Å². The van der Waals surface area contributed by atoms with Gasteiger partial charge in [-0.25, -0.2) is 14.6 Å². The molecule has 2 amide bonds. The number of nitrogens with one attached hydrogen (secondary N) is 3. The summed E-state index contributed by atoms with van der Waals surface area (Å²) in [7, 11) is 0. The number of hydrogen-bond acceptors (Lipinski definition) is 3. The Morgan fingerprint density at radius 3 is 2.78 bits per heavy atom. The fourth-order valence-corrected chi connectivity index (χ4v) is 1.57. The first-order chi connectivity index (χ1) is 8.48. The molecule has 0 spiro atoms. The summed E-state index contributed by atoms with van der Waals surface area (Å²) in [6, 6.07) is -0.511. The third-order valence-corrected chi connectivity index (χ3v) is 2.61. The zero-order valence-corrected chi connectivity index (χ0v) is 10.5. The van der Waals surface area contributed by atoms with Crippen LogP contribution < -0.4 is 10.6 Å². The Kier molecular flexibility index (Phi) is 4.70. The summed E-state index contributed by atoms with van der Waals surface area (Å²) < 4.78 is 0. The topological polar surface area (TPSA) is 107 Å². The maximum Gasteiger partial charge on any atom is 0.329 e. The minimum absolute atomic E-state index is 0.271. The molecule has 0 saturated carbocycles. The largest absolute Gasteiger partial charge is 0.480 e. The van der Waals surface area contributed by atoms with Crippen molar-refractivity contribution >= 4 is 12.0 Å². The van der Waals surface area contributed by atoms with Crippen molar-refractivity contribution in [2.24, 2.45) is 0 Å². The van der Waals surface area contributed by atoms with Gasteiger partial charge in [0, 0.05) is 6.20 Å². The average Bonchev–Trinajstić information content (AvgIpc) is 2.79. The van der Waals surface area contributed by atoms with Gasteiger partial charge in [-0.15, -0.1) is 0 Å². The van der Waals surface area contributed by atoms with Crippen LogP contribution in [0.25, 0.3) is 0 Å². The van der Waals surface area contributed by atoms with Crippen molar-refractivity contribution in [1.29, 1.82) is 0 Å². The number of H-pyrrole nitrogens is 1. The first-order valence-corrected chi connectivity index (χ1v) is 5.74. The lowest BCUT2D eigenvalue weighted by Gasteiger charge is -2.25. The molecule has 0 aliphatic heterocycles. The van der Waals surface area contributed by atoms with Crippen LogP contribution in [0.3, 0.4) is 0 Å². The Labute approximate surface area is 105 Å². The van der Waals surface area contributed by atoms with Crippen LogP contribution in [0.5, 0.6) is 0 Å². The smallest absolute Gasteiger partial charge is 0.329 e. The fourth-order valence-electron chi connectivity index (χ4n) is 1.57. The zero-order valence-electron chi connectivity index (χ0n) is 10.5. The van der Waals surface area contributed by atoms with Crippen molar-refractivity contribution < 1.29 is 14.7 Å². The standard InChI is InChI=1S/C11H18N4O3/c1-3-4-11(2,9(16)17)15-10(18)13-6-8-5-12-7-14-8/h5,7H,3-4,6H2,1-2H3,(H,12,14)(H,16,17)(H2,13,15,18). The molecule has 1 atom stereocenters. The van der Waals surface area contributed by atoms with Crippen LogP contribution in [0.2, 0.25) is 0 Å². The molecule has 7 nitrogen and oxygen atoms in total. The number of amides is 2. The minimum Gasteiger partial charge on any atom is -0.480 e. The summed E-state index contributed by atoms with van der Waals surface area (Å²) in [6.45, 7) is 3.63. The van der Waals surface area contributed by atoms with Gasteiger partial charge in [-0.1, -0.05) is 13.3 Å².